The van der Waals surface area contributed by atoms with E-state index in [0.29, 0.717) is 6.42 Å². The summed E-state index contributed by atoms with van der Waals surface area (Å²) < 4.78 is 17.8. The van der Waals surface area contributed by atoms with Crippen LogP contribution >= 0.6 is 0 Å². The van der Waals surface area contributed by atoms with Gasteiger partial charge in [-0.3, -0.25) is 0 Å². The molecule has 4 heteroatoms. The number of fused-ring (bicyclic) bond motifs is 1. The first-order chi connectivity index (χ1) is 5.24. The lowest BCUT2D eigenvalue weighted by molar-refractivity contribution is -0.115. The van der Waals surface area contributed by atoms with Gasteiger partial charge in [0.15, 0.2) is 12.5 Å². The van der Waals surface area contributed by atoms with Gasteiger partial charge < -0.3 is 14.6 Å². The maximum Gasteiger partial charge on any atom is 0.163 e. The van der Waals surface area contributed by atoms with Crippen LogP contribution in [0.3, 0.4) is 0 Å². The van der Waals surface area contributed by atoms with Crippen molar-refractivity contribution in [1.82, 2.24) is 0 Å². The highest BCUT2D eigenvalue weighted by atomic mass is 19.1. The quantitative estimate of drug-likeness (QED) is 0.444. The van der Waals surface area contributed by atoms with Crippen molar-refractivity contribution in [3.63, 3.8) is 0 Å². The van der Waals surface area contributed by atoms with Crippen LogP contribution in [0.4, 0.5) is 4.39 Å². The summed E-state index contributed by atoms with van der Waals surface area (Å²) in [5.41, 5.74) is 0. The average molecular weight is 160 g/mol. The van der Waals surface area contributed by atoms with Gasteiger partial charge in [-0.05, 0) is 0 Å². The zero-order chi connectivity index (χ0) is 8.01. The minimum Gasteiger partial charge on any atom is -0.393 e. The SMILES string of the molecule is O=C[C@@H](F)C1[C@H](O)C[C@@H]2O[C@H]12. The molecule has 62 valence electrons. The summed E-state index contributed by atoms with van der Waals surface area (Å²) in [6, 6.07) is 0. The average Bonchev–Trinajstić information content (AvgIpc) is 2.63. The minimum absolute atomic E-state index is 0.00759. The Morgan fingerprint density at radius 3 is 2.91 bits per heavy atom. The summed E-state index contributed by atoms with van der Waals surface area (Å²) in [5, 5.41) is 9.21. The van der Waals surface area contributed by atoms with E-state index in [0.717, 1.165) is 0 Å². The van der Waals surface area contributed by atoms with Gasteiger partial charge in [-0.15, -0.1) is 0 Å². The molecule has 2 fully saturated rings. The molecule has 0 aromatic rings. The zero-order valence-electron chi connectivity index (χ0n) is 5.81. The number of carbonyl (C=O) groups excluding carboxylic acids is 1. The molecule has 2 rings (SSSR count). The van der Waals surface area contributed by atoms with E-state index < -0.39 is 18.2 Å². The Hall–Kier alpha value is -0.480. The van der Waals surface area contributed by atoms with Crippen molar-refractivity contribution in [2.45, 2.75) is 30.9 Å². The third-order valence-electron chi connectivity index (χ3n) is 2.42. The first-order valence-corrected chi connectivity index (χ1v) is 3.67. The van der Waals surface area contributed by atoms with Gasteiger partial charge in [0.1, 0.15) is 0 Å². The van der Waals surface area contributed by atoms with Crippen molar-refractivity contribution in [2.24, 2.45) is 5.92 Å². The molecule has 1 aliphatic carbocycles. The number of ether oxygens (including phenoxy) is 1. The summed E-state index contributed by atoms with van der Waals surface area (Å²) in [6.45, 7) is 0. The van der Waals surface area contributed by atoms with E-state index in [1.165, 1.54) is 0 Å². The Morgan fingerprint density at radius 2 is 2.45 bits per heavy atom. The van der Waals surface area contributed by atoms with Crippen molar-refractivity contribution >= 4 is 6.29 Å². The van der Waals surface area contributed by atoms with Crippen molar-refractivity contribution in [3.8, 4) is 0 Å². The number of aliphatic hydroxyl groups is 1. The number of rotatable bonds is 2. The third kappa shape index (κ3) is 0.973. The molecule has 1 aliphatic heterocycles. The van der Waals surface area contributed by atoms with Crippen LogP contribution in [-0.2, 0) is 9.53 Å². The molecule has 1 N–H and O–H groups in total. The lowest BCUT2D eigenvalue weighted by atomic mass is 10.00. The molecule has 0 aromatic heterocycles. The number of carbonyl (C=O) groups is 1. The van der Waals surface area contributed by atoms with E-state index in [9.17, 15) is 14.3 Å². The predicted molar refractivity (Wildman–Crippen MR) is 33.7 cm³/mol. The minimum atomic E-state index is -1.57. The second-order valence-electron chi connectivity index (χ2n) is 3.10. The predicted octanol–water partition coefficient (Wildman–Crippen LogP) is -0.328. The molecule has 3 nitrogen and oxygen atoms in total. The highest BCUT2D eigenvalue weighted by molar-refractivity contribution is 5.57. The smallest absolute Gasteiger partial charge is 0.163 e. The third-order valence-corrected chi connectivity index (χ3v) is 2.42. The van der Waals surface area contributed by atoms with Gasteiger partial charge in [-0.1, -0.05) is 0 Å². The fourth-order valence-corrected chi connectivity index (χ4v) is 1.78. The largest absolute Gasteiger partial charge is 0.393 e. The Labute approximate surface area is 63.2 Å². The lowest BCUT2D eigenvalue weighted by Gasteiger charge is -2.16. The van der Waals surface area contributed by atoms with Crippen LogP contribution in [0.15, 0.2) is 0 Å². The molecule has 2 aliphatic rings. The lowest BCUT2D eigenvalue weighted by Crippen LogP contribution is -2.30. The van der Waals surface area contributed by atoms with E-state index in [1.54, 1.807) is 0 Å². The molecule has 5 atom stereocenters. The number of halogens is 1. The highest BCUT2D eigenvalue weighted by Gasteiger charge is 2.58. The molecule has 0 aromatic carbocycles. The standard InChI is InChI=1S/C7H9FO3/c8-3(2-9)6-4(10)1-5-7(6)11-5/h2-7,10H,1H2/t3-,4-,5+,6?,7+/m1/s1. The van der Waals surface area contributed by atoms with Gasteiger partial charge in [0.2, 0.25) is 0 Å². The molecule has 0 spiro atoms. The molecular weight excluding hydrogens is 151 g/mol. The van der Waals surface area contributed by atoms with Crippen LogP contribution in [0.25, 0.3) is 0 Å². The maximum absolute atomic E-state index is 12.8. The molecule has 1 saturated heterocycles. The van der Waals surface area contributed by atoms with Crippen molar-refractivity contribution in [2.75, 3.05) is 0 Å². The van der Waals surface area contributed by atoms with Crippen LogP contribution in [0.1, 0.15) is 6.42 Å². The van der Waals surface area contributed by atoms with Crippen LogP contribution in [0, 0.1) is 5.92 Å². The number of epoxide rings is 1. The number of hydrogen-bond donors (Lipinski definition) is 1. The Bertz CT molecular complexity index is 183. The molecule has 0 bridgehead atoms. The van der Waals surface area contributed by atoms with Gasteiger partial charge in [-0.2, -0.15) is 0 Å². The van der Waals surface area contributed by atoms with Crippen LogP contribution in [0.2, 0.25) is 0 Å². The summed E-state index contributed by atoms with van der Waals surface area (Å²) in [6.07, 6.45) is -1.75. The van der Waals surface area contributed by atoms with Gasteiger partial charge in [0, 0.05) is 6.42 Å². The van der Waals surface area contributed by atoms with Crippen molar-refractivity contribution in [1.29, 1.82) is 0 Å². The first kappa shape index (κ1) is 7.18. The topological polar surface area (TPSA) is 49.8 Å². The van der Waals surface area contributed by atoms with Gasteiger partial charge in [0.05, 0.1) is 24.2 Å². The Balaban J connectivity index is 2.05. The number of aldehydes is 1. The van der Waals surface area contributed by atoms with Crippen LogP contribution in [0.5, 0.6) is 0 Å². The van der Waals surface area contributed by atoms with E-state index in [4.69, 9.17) is 4.74 Å². The number of hydrogen-bond acceptors (Lipinski definition) is 3. The van der Waals surface area contributed by atoms with Gasteiger partial charge in [0.25, 0.3) is 0 Å². The zero-order valence-corrected chi connectivity index (χ0v) is 5.81. The summed E-state index contributed by atoms with van der Waals surface area (Å²) in [4.78, 5) is 10.1. The fraction of sp³-hybridized carbons (Fsp3) is 0.857. The molecular formula is C7H9FO3. The second kappa shape index (κ2) is 2.25. The van der Waals surface area contributed by atoms with Crippen molar-refractivity contribution in [3.05, 3.63) is 0 Å². The van der Waals surface area contributed by atoms with E-state index >= 15 is 0 Å². The molecule has 1 unspecified atom stereocenters. The highest BCUT2D eigenvalue weighted by Crippen LogP contribution is 2.44. The van der Waals surface area contributed by atoms with E-state index in [2.05, 4.69) is 0 Å². The summed E-state index contributed by atoms with van der Waals surface area (Å²) in [5.74, 6) is -0.613. The van der Waals surface area contributed by atoms with Crippen molar-refractivity contribution < 1.29 is 19.0 Å². The summed E-state index contributed by atoms with van der Waals surface area (Å²) in [7, 11) is 0. The van der Waals surface area contributed by atoms with E-state index in [-0.39, 0.29) is 18.5 Å². The second-order valence-corrected chi connectivity index (χ2v) is 3.10. The maximum atomic E-state index is 12.8. The first-order valence-electron chi connectivity index (χ1n) is 3.67. The van der Waals surface area contributed by atoms with Gasteiger partial charge in [-0.25, -0.2) is 4.39 Å². The Kier molecular flexibility index (Phi) is 1.47. The van der Waals surface area contributed by atoms with Crippen LogP contribution < -0.4 is 0 Å². The van der Waals surface area contributed by atoms with Crippen LogP contribution in [-0.4, -0.2) is 35.9 Å². The molecule has 0 radical (unpaired) electrons. The number of aliphatic hydroxyl groups excluding tert-OH is 1. The molecule has 0 amide bonds. The molecule has 11 heavy (non-hydrogen) atoms. The monoisotopic (exact) mass is 160 g/mol. The summed E-state index contributed by atoms with van der Waals surface area (Å²) >= 11 is 0. The van der Waals surface area contributed by atoms with E-state index in [1.807, 2.05) is 0 Å². The van der Waals surface area contributed by atoms with Gasteiger partial charge >= 0.3 is 0 Å². The normalized spacial score (nSPS) is 50.0. The fourth-order valence-electron chi connectivity index (χ4n) is 1.78. The Morgan fingerprint density at radius 1 is 1.73 bits per heavy atom. The molecule has 1 heterocycles. The number of alkyl halides is 1. The molecule has 1 saturated carbocycles.